The number of halogens is 1. The third-order valence-electron chi connectivity index (χ3n) is 3.68. The van der Waals surface area contributed by atoms with Gasteiger partial charge >= 0.3 is 0 Å². The van der Waals surface area contributed by atoms with E-state index in [1.807, 2.05) is 24.6 Å². The molecule has 0 aromatic carbocycles. The van der Waals surface area contributed by atoms with Gasteiger partial charge in [-0.2, -0.15) is 0 Å². The molecule has 1 fully saturated rings. The van der Waals surface area contributed by atoms with Crippen LogP contribution in [0.25, 0.3) is 0 Å². The summed E-state index contributed by atoms with van der Waals surface area (Å²) in [4.78, 5) is 12.4. The van der Waals surface area contributed by atoms with Gasteiger partial charge < -0.3 is 15.2 Å². The largest absolute Gasteiger partial charge is 0.346 e. The van der Waals surface area contributed by atoms with Crippen molar-refractivity contribution >= 4 is 17.5 Å². The van der Waals surface area contributed by atoms with Gasteiger partial charge in [0.1, 0.15) is 5.69 Å². The van der Waals surface area contributed by atoms with Crippen molar-refractivity contribution in [3.05, 3.63) is 23.0 Å². The summed E-state index contributed by atoms with van der Waals surface area (Å²) in [6.45, 7) is 7.22. The monoisotopic (exact) mass is 283 g/mol. The van der Waals surface area contributed by atoms with Crippen molar-refractivity contribution < 1.29 is 4.79 Å². The van der Waals surface area contributed by atoms with Gasteiger partial charge in [0, 0.05) is 24.3 Å². The van der Waals surface area contributed by atoms with Gasteiger partial charge in [-0.25, -0.2) is 0 Å². The van der Waals surface area contributed by atoms with Crippen molar-refractivity contribution in [1.82, 2.24) is 15.2 Å². The summed E-state index contributed by atoms with van der Waals surface area (Å²) in [6.07, 6.45) is 3.93. The predicted octanol–water partition coefficient (Wildman–Crippen LogP) is 2.59. The summed E-state index contributed by atoms with van der Waals surface area (Å²) in [7, 11) is 0. The molecule has 2 rings (SSSR count). The first kappa shape index (κ1) is 14.4. The van der Waals surface area contributed by atoms with Crippen LogP contribution in [0.15, 0.2) is 12.3 Å². The average molecular weight is 284 g/mol. The van der Waals surface area contributed by atoms with Crippen LogP contribution in [0.5, 0.6) is 0 Å². The van der Waals surface area contributed by atoms with E-state index in [4.69, 9.17) is 11.6 Å². The summed E-state index contributed by atoms with van der Waals surface area (Å²) in [5, 5.41) is 7.10. The van der Waals surface area contributed by atoms with E-state index < -0.39 is 0 Å². The number of piperidine rings is 1. The SMILES string of the molecule is CC1NCCCC1NC(=O)c1cc(Cl)cn1C(C)C. The molecule has 1 aromatic rings. The Bertz CT molecular complexity index is 456. The van der Waals surface area contributed by atoms with Crippen molar-refractivity contribution in [3.8, 4) is 0 Å². The van der Waals surface area contributed by atoms with Crippen molar-refractivity contribution in [2.45, 2.75) is 51.7 Å². The first-order valence-electron chi connectivity index (χ1n) is 6.90. The molecular weight excluding hydrogens is 262 g/mol. The average Bonchev–Trinajstić information content (AvgIpc) is 2.74. The Labute approximate surface area is 119 Å². The Kier molecular flexibility index (Phi) is 4.53. The first-order chi connectivity index (χ1) is 8.99. The minimum Gasteiger partial charge on any atom is -0.346 e. The molecule has 1 aromatic heterocycles. The molecule has 0 bridgehead atoms. The zero-order chi connectivity index (χ0) is 14.0. The van der Waals surface area contributed by atoms with Crippen LogP contribution in [0.1, 0.15) is 50.1 Å². The second-order valence-corrected chi connectivity index (χ2v) is 5.95. The normalized spacial score (nSPS) is 23.6. The lowest BCUT2D eigenvalue weighted by atomic mass is 10.00. The molecule has 1 aliphatic heterocycles. The molecule has 2 N–H and O–H groups in total. The van der Waals surface area contributed by atoms with E-state index in [2.05, 4.69) is 17.6 Å². The first-order valence-corrected chi connectivity index (χ1v) is 7.28. The summed E-state index contributed by atoms with van der Waals surface area (Å²) in [5.74, 6) is -0.0406. The topological polar surface area (TPSA) is 46.1 Å². The predicted molar refractivity (Wildman–Crippen MR) is 77.8 cm³/mol. The molecule has 0 spiro atoms. The van der Waals surface area contributed by atoms with Gasteiger partial charge in [-0.05, 0) is 46.2 Å². The van der Waals surface area contributed by atoms with Crippen molar-refractivity contribution in [2.75, 3.05) is 6.54 Å². The molecule has 5 heteroatoms. The maximum Gasteiger partial charge on any atom is 0.268 e. The van der Waals surface area contributed by atoms with E-state index in [1.165, 1.54) is 0 Å². The zero-order valence-corrected chi connectivity index (χ0v) is 12.5. The lowest BCUT2D eigenvalue weighted by Gasteiger charge is -2.30. The highest BCUT2D eigenvalue weighted by Gasteiger charge is 2.24. The fourth-order valence-corrected chi connectivity index (χ4v) is 2.75. The van der Waals surface area contributed by atoms with E-state index in [1.54, 1.807) is 6.07 Å². The number of nitrogens with zero attached hydrogens (tertiary/aromatic N) is 1. The number of rotatable bonds is 3. The standard InChI is InChI=1S/C14H22ClN3O/c1-9(2)18-8-11(15)7-13(18)14(19)17-12-5-4-6-16-10(12)3/h7-10,12,16H,4-6H2,1-3H3,(H,17,19). The molecule has 1 amide bonds. The maximum atomic E-state index is 12.4. The van der Waals surface area contributed by atoms with Crippen LogP contribution in [0.3, 0.4) is 0 Å². The molecule has 0 radical (unpaired) electrons. The highest BCUT2D eigenvalue weighted by molar-refractivity contribution is 6.31. The highest BCUT2D eigenvalue weighted by Crippen LogP contribution is 2.19. The van der Waals surface area contributed by atoms with Gasteiger partial charge in [-0.3, -0.25) is 4.79 Å². The van der Waals surface area contributed by atoms with Crippen LogP contribution in [0, 0.1) is 0 Å². The van der Waals surface area contributed by atoms with Crippen LogP contribution in [0.2, 0.25) is 5.02 Å². The smallest absolute Gasteiger partial charge is 0.268 e. The van der Waals surface area contributed by atoms with Crippen LogP contribution < -0.4 is 10.6 Å². The number of aromatic nitrogens is 1. The number of carbonyl (C=O) groups excluding carboxylic acids is 1. The minimum atomic E-state index is -0.0406. The second kappa shape index (κ2) is 5.97. The summed E-state index contributed by atoms with van der Waals surface area (Å²) in [5.41, 5.74) is 0.637. The maximum absolute atomic E-state index is 12.4. The summed E-state index contributed by atoms with van der Waals surface area (Å²) in [6, 6.07) is 2.46. The van der Waals surface area contributed by atoms with Gasteiger partial charge in [0.05, 0.1) is 5.02 Å². The Balaban J connectivity index is 2.11. The minimum absolute atomic E-state index is 0.0406. The Morgan fingerprint density at radius 3 is 2.95 bits per heavy atom. The molecular formula is C14H22ClN3O. The van der Waals surface area contributed by atoms with Gasteiger partial charge in [0.25, 0.3) is 5.91 Å². The Morgan fingerprint density at radius 2 is 2.32 bits per heavy atom. The molecule has 2 atom stereocenters. The van der Waals surface area contributed by atoms with E-state index in [9.17, 15) is 4.79 Å². The van der Waals surface area contributed by atoms with Crippen LogP contribution in [-0.2, 0) is 0 Å². The second-order valence-electron chi connectivity index (χ2n) is 5.51. The molecule has 1 aliphatic rings. The quantitative estimate of drug-likeness (QED) is 0.896. The molecule has 4 nitrogen and oxygen atoms in total. The molecule has 1 saturated heterocycles. The fourth-order valence-electron chi connectivity index (χ4n) is 2.54. The molecule has 106 valence electrons. The molecule has 19 heavy (non-hydrogen) atoms. The molecule has 0 aliphatic carbocycles. The van der Waals surface area contributed by atoms with Gasteiger partial charge in [-0.1, -0.05) is 11.6 Å². The van der Waals surface area contributed by atoms with Crippen LogP contribution >= 0.6 is 11.6 Å². The number of carbonyl (C=O) groups is 1. The Hall–Kier alpha value is -1.00. The number of nitrogens with one attached hydrogen (secondary N) is 2. The van der Waals surface area contributed by atoms with E-state index in [0.717, 1.165) is 19.4 Å². The van der Waals surface area contributed by atoms with Crippen LogP contribution in [0.4, 0.5) is 0 Å². The third kappa shape index (κ3) is 3.31. The van der Waals surface area contributed by atoms with Crippen molar-refractivity contribution in [1.29, 1.82) is 0 Å². The van der Waals surface area contributed by atoms with E-state index in [0.29, 0.717) is 16.8 Å². The van der Waals surface area contributed by atoms with Crippen molar-refractivity contribution in [2.24, 2.45) is 0 Å². The lowest BCUT2D eigenvalue weighted by molar-refractivity contribution is 0.0909. The number of amides is 1. The number of hydrogen-bond acceptors (Lipinski definition) is 2. The fraction of sp³-hybridized carbons (Fsp3) is 0.643. The highest BCUT2D eigenvalue weighted by atomic mass is 35.5. The zero-order valence-electron chi connectivity index (χ0n) is 11.7. The van der Waals surface area contributed by atoms with Gasteiger partial charge in [0.15, 0.2) is 0 Å². The van der Waals surface area contributed by atoms with Gasteiger partial charge in [-0.15, -0.1) is 0 Å². The Morgan fingerprint density at radius 1 is 1.58 bits per heavy atom. The van der Waals surface area contributed by atoms with Crippen LogP contribution in [-0.4, -0.2) is 29.1 Å². The van der Waals surface area contributed by atoms with Gasteiger partial charge in [0.2, 0.25) is 0 Å². The number of hydrogen-bond donors (Lipinski definition) is 2. The lowest BCUT2D eigenvalue weighted by Crippen LogP contribution is -2.52. The molecule has 0 saturated carbocycles. The van der Waals surface area contributed by atoms with E-state index in [-0.39, 0.29) is 18.0 Å². The molecule has 2 heterocycles. The third-order valence-corrected chi connectivity index (χ3v) is 3.89. The summed E-state index contributed by atoms with van der Waals surface area (Å²) >= 11 is 6.01. The van der Waals surface area contributed by atoms with E-state index >= 15 is 0 Å². The van der Waals surface area contributed by atoms with Crippen molar-refractivity contribution in [3.63, 3.8) is 0 Å². The summed E-state index contributed by atoms with van der Waals surface area (Å²) < 4.78 is 1.92. The molecule has 2 unspecified atom stereocenters.